The first kappa shape index (κ1) is 10.0. The number of rotatable bonds is 3. The molecule has 1 aliphatic heterocycles. The minimum Gasteiger partial charge on any atom is -0.396 e. The molecule has 72 valence electrons. The molecule has 1 saturated heterocycles. The van der Waals surface area contributed by atoms with Gasteiger partial charge < -0.3 is 9.84 Å². The lowest BCUT2D eigenvalue weighted by Gasteiger charge is -2.30. The van der Waals surface area contributed by atoms with Crippen LogP contribution < -0.4 is 0 Å². The van der Waals surface area contributed by atoms with Crippen LogP contribution in [0.4, 0.5) is 0 Å². The van der Waals surface area contributed by atoms with E-state index in [1.165, 1.54) is 6.42 Å². The summed E-state index contributed by atoms with van der Waals surface area (Å²) < 4.78 is 5.77. The minimum atomic E-state index is 0.138. The van der Waals surface area contributed by atoms with Gasteiger partial charge in [-0.1, -0.05) is 13.8 Å². The monoisotopic (exact) mass is 172 g/mol. The van der Waals surface area contributed by atoms with E-state index in [1.54, 1.807) is 0 Å². The molecule has 1 aliphatic rings. The first-order valence-corrected chi connectivity index (χ1v) is 4.82. The summed E-state index contributed by atoms with van der Waals surface area (Å²) in [4.78, 5) is 0. The fraction of sp³-hybridized carbons (Fsp3) is 1.00. The normalized spacial score (nSPS) is 31.0. The zero-order valence-corrected chi connectivity index (χ0v) is 8.34. The van der Waals surface area contributed by atoms with E-state index >= 15 is 0 Å². The van der Waals surface area contributed by atoms with Gasteiger partial charge in [0, 0.05) is 6.61 Å². The van der Waals surface area contributed by atoms with Crippen molar-refractivity contribution in [3.8, 4) is 0 Å². The number of hydrogen-bond acceptors (Lipinski definition) is 2. The van der Waals surface area contributed by atoms with Crippen molar-refractivity contribution in [2.45, 2.75) is 52.2 Å². The molecule has 0 bridgehead atoms. The largest absolute Gasteiger partial charge is 0.396 e. The molecule has 0 aromatic rings. The molecule has 2 atom stereocenters. The maximum Gasteiger partial charge on any atom is 0.0631 e. The van der Waals surface area contributed by atoms with Crippen molar-refractivity contribution in [2.75, 3.05) is 6.61 Å². The third kappa shape index (κ3) is 2.20. The van der Waals surface area contributed by atoms with Crippen molar-refractivity contribution < 1.29 is 9.84 Å². The van der Waals surface area contributed by atoms with E-state index in [0.29, 0.717) is 12.2 Å². The SMILES string of the molecule is CC1CCC(C(C)(C)CCO)O1. The Hall–Kier alpha value is -0.0800. The summed E-state index contributed by atoms with van der Waals surface area (Å²) in [5, 5.41) is 8.87. The van der Waals surface area contributed by atoms with Gasteiger partial charge in [0.15, 0.2) is 0 Å². The molecule has 12 heavy (non-hydrogen) atoms. The van der Waals surface area contributed by atoms with E-state index < -0.39 is 0 Å². The highest BCUT2D eigenvalue weighted by atomic mass is 16.5. The predicted octanol–water partition coefficient (Wildman–Crippen LogP) is 1.96. The van der Waals surface area contributed by atoms with Crippen molar-refractivity contribution in [1.29, 1.82) is 0 Å². The van der Waals surface area contributed by atoms with E-state index in [0.717, 1.165) is 12.8 Å². The minimum absolute atomic E-state index is 0.138. The van der Waals surface area contributed by atoms with Gasteiger partial charge in [0.1, 0.15) is 0 Å². The molecule has 2 unspecified atom stereocenters. The number of aliphatic hydroxyl groups is 1. The fourth-order valence-electron chi connectivity index (χ4n) is 1.83. The smallest absolute Gasteiger partial charge is 0.0631 e. The first-order valence-electron chi connectivity index (χ1n) is 4.82. The van der Waals surface area contributed by atoms with Gasteiger partial charge >= 0.3 is 0 Å². The second-order valence-corrected chi connectivity index (χ2v) is 4.47. The molecular weight excluding hydrogens is 152 g/mol. The molecule has 0 amide bonds. The highest BCUT2D eigenvalue weighted by molar-refractivity contribution is 4.84. The lowest BCUT2D eigenvalue weighted by atomic mass is 9.82. The molecule has 0 saturated carbocycles. The van der Waals surface area contributed by atoms with Crippen LogP contribution in [0, 0.1) is 5.41 Å². The van der Waals surface area contributed by atoms with Crippen LogP contribution in [0.2, 0.25) is 0 Å². The Bertz CT molecular complexity index is 143. The Morgan fingerprint density at radius 1 is 1.42 bits per heavy atom. The number of aliphatic hydroxyl groups excluding tert-OH is 1. The van der Waals surface area contributed by atoms with Crippen molar-refractivity contribution in [3.05, 3.63) is 0 Å². The summed E-state index contributed by atoms with van der Waals surface area (Å²) in [5.41, 5.74) is 0.138. The van der Waals surface area contributed by atoms with Crippen LogP contribution in [0.3, 0.4) is 0 Å². The van der Waals surface area contributed by atoms with E-state index in [2.05, 4.69) is 20.8 Å². The Labute approximate surface area is 74.9 Å². The maximum atomic E-state index is 8.87. The molecule has 0 aromatic carbocycles. The zero-order chi connectivity index (χ0) is 9.19. The summed E-state index contributed by atoms with van der Waals surface area (Å²) in [5.74, 6) is 0. The predicted molar refractivity (Wildman–Crippen MR) is 49.1 cm³/mol. The molecule has 1 heterocycles. The van der Waals surface area contributed by atoms with E-state index in [9.17, 15) is 0 Å². The van der Waals surface area contributed by atoms with Crippen LogP contribution in [-0.4, -0.2) is 23.9 Å². The van der Waals surface area contributed by atoms with Crippen LogP contribution in [-0.2, 0) is 4.74 Å². The van der Waals surface area contributed by atoms with Crippen LogP contribution in [0.15, 0.2) is 0 Å². The standard InChI is InChI=1S/C10H20O2/c1-8-4-5-9(12-8)10(2,3)6-7-11/h8-9,11H,4-7H2,1-3H3. The Morgan fingerprint density at radius 2 is 2.08 bits per heavy atom. The average molecular weight is 172 g/mol. The molecule has 1 fully saturated rings. The lowest BCUT2D eigenvalue weighted by molar-refractivity contribution is -0.0252. The van der Waals surface area contributed by atoms with E-state index in [1.807, 2.05) is 0 Å². The summed E-state index contributed by atoms with van der Waals surface area (Å²) in [6, 6.07) is 0. The summed E-state index contributed by atoms with van der Waals surface area (Å²) in [6.45, 7) is 6.73. The third-order valence-corrected chi connectivity index (χ3v) is 2.86. The van der Waals surface area contributed by atoms with Crippen molar-refractivity contribution in [1.82, 2.24) is 0 Å². The van der Waals surface area contributed by atoms with Crippen LogP contribution >= 0.6 is 0 Å². The quantitative estimate of drug-likeness (QED) is 0.705. The Balaban J connectivity index is 2.45. The summed E-state index contributed by atoms with van der Waals surface area (Å²) in [6.07, 6.45) is 3.91. The number of ether oxygens (including phenoxy) is 1. The maximum absolute atomic E-state index is 8.87. The number of hydrogen-bond donors (Lipinski definition) is 1. The molecule has 0 aliphatic carbocycles. The van der Waals surface area contributed by atoms with Gasteiger partial charge in [0.2, 0.25) is 0 Å². The molecule has 0 spiro atoms. The van der Waals surface area contributed by atoms with Gasteiger partial charge in [0.05, 0.1) is 12.2 Å². The molecule has 0 radical (unpaired) electrons. The van der Waals surface area contributed by atoms with Crippen molar-refractivity contribution in [2.24, 2.45) is 5.41 Å². The van der Waals surface area contributed by atoms with E-state index in [-0.39, 0.29) is 12.0 Å². The zero-order valence-electron chi connectivity index (χ0n) is 8.34. The van der Waals surface area contributed by atoms with Crippen molar-refractivity contribution >= 4 is 0 Å². The topological polar surface area (TPSA) is 29.5 Å². The summed E-state index contributed by atoms with van der Waals surface area (Å²) >= 11 is 0. The Kier molecular flexibility index (Phi) is 3.13. The van der Waals surface area contributed by atoms with Gasteiger partial charge in [-0.2, -0.15) is 0 Å². The van der Waals surface area contributed by atoms with Gasteiger partial charge in [0.25, 0.3) is 0 Å². The second-order valence-electron chi connectivity index (χ2n) is 4.47. The lowest BCUT2D eigenvalue weighted by Crippen LogP contribution is -2.30. The van der Waals surface area contributed by atoms with Gasteiger partial charge in [-0.25, -0.2) is 0 Å². The summed E-state index contributed by atoms with van der Waals surface area (Å²) in [7, 11) is 0. The van der Waals surface area contributed by atoms with Crippen molar-refractivity contribution in [3.63, 3.8) is 0 Å². The van der Waals surface area contributed by atoms with E-state index in [4.69, 9.17) is 9.84 Å². The molecule has 0 aromatic heterocycles. The molecule has 2 nitrogen and oxygen atoms in total. The molecule has 1 N–H and O–H groups in total. The van der Waals surface area contributed by atoms with Crippen LogP contribution in [0.5, 0.6) is 0 Å². The molecular formula is C10H20O2. The average Bonchev–Trinajstić information content (AvgIpc) is 2.36. The highest BCUT2D eigenvalue weighted by Crippen LogP contribution is 2.35. The van der Waals surface area contributed by atoms with Gasteiger partial charge in [-0.05, 0) is 31.6 Å². The van der Waals surface area contributed by atoms with Crippen LogP contribution in [0.25, 0.3) is 0 Å². The fourth-order valence-corrected chi connectivity index (χ4v) is 1.83. The highest BCUT2D eigenvalue weighted by Gasteiger charge is 2.34. The Morgan fingerprint density at radius 3 is 2.50 bits per heavy atom. The van der Waals surface area contributed by atoms with Gasteiger partial charge in [-0.3, -0.25) is 0 Å². The van der Waals surface area contributed by atoms with Crippen LogP contribution in [0.1, 0.15) is 40.0 Å². The second kappa shape index (κ2) is 3.75. The molecule has 2 heteroatoms. The first-order chi connectivity index (χ1) is 5.56. The van der Waals surface area contributed by atoms with Gasteiger partial charge in [-0.15, -0.1) is 0 Å². The third-order valence-electron chi connectivity index (χ3n) is 2.86. The molecule has 1 rings (SSSR count).